The van der Waals surface area contributed by atoms with Gasteiger partial charge in [-0.05, 0) is 51.5 Å². The average molecular weight is 367 g/mol. The van der Waals surface area contributed by atoms with Gasteiger partial charge in [0.2, 0.25) is 0 Å². The van der Waals surface area contributed by atoms with Gasteiger partial charge in [0.25, 0.3) is 5.91 Å². The maximum atomic E-state index is 12.8. The Bertz CT molecular complexity index is 658. The number of nitrogens with zero attached hydrogens (tertiary/aromatic N) is 1. The van der Waals surface area contributed by atoms with E-state index >= 15 is 0 Å². The summed E-state index contributed by atoms with van der Waals surface area (Å²) in [5.74, 6) is 2.07. The highest BCUT2D eigenvalue weighted by molar-refractivity contribution is 6.03. The van der Waals surface area contributed by atoms with Gasteiger partial charge in [-0.2, -0.15) is 0 Å². The smallest absolute Gasteiger partial charge is 0.289 e. The predicted molar refractivity (Wildman–Crippen MR) is 97.6 cm³/mol. The number of amides is 1. The van der Waals surface area contributed by atoms with Crippen LogP contribution in [0.15, 0.2) is 4.42 Å². The van der Waals surface area contributed by atoms with Crippen molar-refractivity contribution in [2.45, 2.75) is 57.9 Å². The molecule has 5 nitrogen and oxygen atoms in total. The van der Waals surface area contributed by atoms with E-state index in [1.165, 1.54) is 12.8 Å². The Morgan fingerprint density at radius 1 is 1.20 bits per heavy atom. The van der Waals surface area contributed by atoms with Crippen LogP contribution in [0.5, 0.6) is 0 Å². The monoisotopic (exact) mass is 366 g/mol. The fourth-order valence-corrected chi connectivity index (χ4v) is 3.94. The number of piperidine rings is 1. The Balaban J connectivity index is 0.00000182. The summed E-state index contributed by atoms with van der Waals surface area (Å²) in [4.78, 5) is 26.8. The molecule has 4 rings (SSSR count). The Kier molecular flexibility index (Phi) is 5.54. The van der Waals surface area contributed by atoms with E-state index in [1.54, 1.807) is 0 Å². The number of ketones is 1. The molecule has 3 aliphatic rings. The van der Waals surface area contributed by atoms with Gasteiger partial charge in [0.1, 0.15) is 5.76 Å². The van der Waals surface area contributed by atoms with E-state index < -0.39 is 0 Å². The average Bonchev–Trinajstić information content (AvgIpc) is 3.36. The summed E-state index contributed by atoms with van der Waals surface area (Å²) in [6.45, 7) is 4.51. The molecule has 0 radical (unpaired) electrons. The Labute approximate surface area is 154 Å². The fraction of sp³-hybridized carbons (Fsp3) is 0.684. The molecule has 138 valence electrons. The third-order valence-corrected chi connectivity index (χ3v) is 5.67. The second-order valence-electron chi connectivity index (χ2n) is 7.55. The maximum absolute atomic E-state index is 12.8. The van der Waals surface area contributed by atoms with Gasteiger partial charge in [0.05, 0.1) is 5.56 Å². The molecular weight excluding hydrogens is 340 g/mol. The summed E-state index contributed by atoms with van der Waals surface area (Å²) in [5.41, 5.74) is 1.42. The van der Waals surface area contributed by atoms with Crippen LogP contribution in [0, 0.1) is 12.8 Å². The van der Waals surface area contributed by atoms with Gasteiger partial charge in [0.15, 0.2) is 11.5 Å². The summed E-state index contributed by atoms with van der Waals surface area (Å²) in [6.07, 6.45) is 6.89. The van der Waals surface area contributed by atoms with Gasteiger partial charge < -0.3 is 14.6 Å². The molecule has 25 heavy (non-hydrogen) atoms. The first-order valence-corrected chi connectivity index (χ1v) is 9.31. The molecule has 6 heteroatoms. The Morgan fingerprint density at radius 3 is 2.56 bits per heavy atom. The number of carbonyl (C=O) groups is 2. The van der Waals surface area contributed by atoms with Crippen molar-refractivity contribution in [3.63, 3.8) is 0 Å². The number of fused-ring (bicyclic) bond motifs is 1. The number of likely N-dealkylation sites (tertiary alicyclic amines) is 1. The summed E-state index contributed by atoms with van der Waals surface area (Å²) in [7, 11) is 0. The van der Waals surface area contributed by atoms with Crippen LogP contribution in [0.3, 0.4) is 0 Å². The van der Waals surface area contributed by atoms with Crippen molar-refractivity contribution in [1.82, 2.24) is 10.2 Å². The van der Waals surface area contributed by atoms with E-state index in [9.17, 15) is 9.59 Å². The second-order valence-corrected chi connectivity index (χ2v) is 7.55. The predicted octanol–water partition coefficient (Wildman–Crippen LogP) is 3.13. The number of hydrogen-bond acceptors (Lipinski definition) is 4. The van der Waals surface area contributed by atoms with Crippen LogP contribution < -0.4 is 5.32 Å². The zero-order valence-corrected chi connectivity index (χ0v) is 15.6. The number of nitrogens with one attached hydrogen (secondary N) is 1. The van der Waals surface area contributed by atoms with Crippen molar-refractivity contribution in [2.24, 2.45) is 5.92 Å². The molecule has 1 N–H and O–H groups in total. The van der Waals surface area contributed by atoms with Crippen LogP contribution in [-0.4, -0.2) is 42.3 Å². The maximum Gasteiger partial charge on any atom is 0.289 e. The highest BCUT2D eigenvalue weighted by atomic mass is 35.5. The summed E-state index contributed by atoms with van der Waals surface area (Å²) in [5, 5.41) is 3.63. The standard InChI is InChI=1S/C19H26N2O3.ClH/c1-12-17-15(22)3-2-4-16(17)24-18(12)19(23)21-9-7-14(8-10-21)20-11-13-5-6-13;/h13-14,20H,2-11H2,1H3;1H. The summed E-state index contributed by atoms with van der Waals surface area (Å²) >= 11 is 0. The van der Waals surface area contributed by atoms with Crippen LogP contribution in [0.25, 0.3) is 0 Å². The summed E-state index contributed by atoms with van der Waals surface area (Å²) in [6, 6.07) is 0.530. The molecule has 2 aliphatic carbocycles. The quantitative estimate of drug-likeness (QED) is 0.889. The van der Waals surface area contributed by atoms with Crippen LogP contribution in [0.4, 0.5) is 0 Å². The van der Waals surface area contributed by atoms with Gasteiger partial charge in [-0.15, -0.1) is 12.4 Å². The number of halogens is 1. The van der Waals surface area contributed by atoms with Crippen LogP contribution >= 0.6 is 12.4 Å². The zero-order chi connectivity index (χ0) is 16.7. The topological polar surface area (TPSA) is 62.6 Å². The molecule has 0 unspecified atom stereocenters. The van der Waals surface area contributed by atoms with Crippen molar-refractivity contribution in [3.8, 4) is 0 Å². The molecule has 1 saturated heterocycles. The molecule has 1 amide bonds. The summed E-state index contributed by atoms with van der Waals surface area (Å²) < 4.78 is 5.81. The van der Waals surface area contributed by atoms with Crippen LogP contribution in [0.1, 0.15) is 70.8 Å². The first-order chi connectivity index (χ1) is 11.6. The largest absolute Gasteiger partial charge is 0.455 e. The van der Waals surface area contributed by atoms with Gasteiger partial charge in [-0.1, -0.05) is 0 Å². The van der Waals surface area contributed by atoms with Crippen LogP contribution in [0.2, 0.25) is 0 Å². The minimum Gasteiger partial charge on any atom is -0.455 e. The Hall–Kier alpha value is -1.33. The third kappa shape index (κ3) is 3.77. The van der Waals surface area contributed by atoms with E-state index in [0.29, 0.717) is 29.5 Å². The molecule has 2 heterocycles. The molecular formula is C19H27ClN2O3. The lowest BCUT2D eigenvalue weighted by molar-refractivity contribution is 0.0669. The van der Waals surface area contributed by atoms with Gasteiger partial charge >= 0.3 is 0 Å². The first kappa shape index (κ1) is 18.5. The second kappa shape index (κ2) is 7.50. The number of aryl methyl sites for hydroxylation is 1. The first-order valence-electron chi connectivity index (χ1n) is 9.31. The van der Waals surface area contributed by atoms with Crippen molar-refractivity contribution in [2.75, 3.05) is 19.6 Å². The van der Waals surface area contributed by atoms with Gasteiger partial charge in [-0.3, -0.25) is 9.59 Å². The van der Waals surface area contributed by atoms with Gasteiger partial charge in [-0.25, -0.2) is 0 Å². The molecule has 1 aliphatic heterocycles. The number of rotatable bonds is 4. The number of furan rings is 1. The zero-order valence-electron chi connectivity index (χ0n) is 14.8. The molecule has 0 spiro atoms. The molecule has 1 saturated carbocycles. The minimum absolute atomic E-state index is 0. The van der Waals surface area contributed by atoms with Crippen molar-refractivity contribution in [3.05, 3.63) is 22.6 Å². The molecule has 0 aromatic carbocycles. The third-order valence-electron chi connectivity index (χ3n) is 5.67. The van der Waals surface area contributed by atoms with E-state index in [1.807, 2.05) is 11.8 Å². The van der Waals surface area contributed by atoms with Gasteiger partial charge in [0, 0.05) is 37.5 Å². The molecule has 1 aromatic rings. The minimum atomic E-state index is -0.0460. The van der Waals surface area contributed by atoms with E-state index in [2.05, 4.69) is 5.32 Å². The van der Waals surface area contributed by atoms with Crippen molar-refractivity contribution < 1.29 is 14.0 Å². The lowest BCUT2D eigenvalue weighted by Crippen LogP contribution is -2.45. The van der Waals surface area contributed by atoms with E-state index in [-0.39, 0.29) is 24.1 Å². The van der Waals surface area contributed by atoms with Crippen molar-refractivity contribution >= 4 is 24.1 Å². The number of Topliss-reactive ketones (excluding diaryl/α,β-unsaturated/α-hetero) is 1. The van der Waals surface area contributed by atoms with E-state index in [4.69, 9.17) is 4.42 Å². The molecule has 0 atom stereocenters. The highest BCUT2D eigenvalue weighted by Crippen LogP contribution is 2.31. The molecule has 1 aromatic heterocycles. The molecule has 2 fully saturated rings. The molecule has 0 bridgehead atoms. The number of carbonyl (C=O) groups excluding carboxylic acids is 2. The highest BCUT2D eigenvalue weighted by Gasteiger charge is 2.32. The number of hydrogen-bond donors (Lipinski definition) is 1. The lowest BCUT2D eigenvalue weighted by atomic mass is 9.94. The van der Waals surface area contributed by atoms with Crippen LogP contribution in [-0.2, 0) is 6.42 Å². The SMILES string of the molecule is Cc1c(C(=O)N2CCC(NCC3CC3)CC2)oc2c1C(=O)CCC2.Cl. The van der Waals surface area contributed by atoms with E-state index in [0.717, 1.165) is 56.8 Å². The fourth-order valence-electron chi connectivity index (χ4n) is 3.94. The lowest BCUT2D eigenvalue weighted by Gasteiger charge is -2.32. The van der Waals surface area contributed by atoms with Crippen molar-refractivity contribution in [1.29, 1.82) is 0 Å². The normalized spacial score (nSPS) is 21.0. The Morgan fingerprint density at radius 2 is 1.92 bits per heavy atom.